The van der Waals surface area contributed by atoms with Crippen molar-refractivity contribution in [2.24, 2.45) is 0 Å². The van der Waals surface area contributed by atoms with Crippen LogP contribution in [0.4, 0.5) is 5.69 Å². The van der Waals surface area contributed by atoms with Crippen molar-refractivity contribution in [2.45, 2.75) is 33.3 Å². The van der Waals surface area contributed by atoms with Crippen molar-refractivity contribution in [3.05, 3.63) is 24.0 Å². The molecule has 0 fully saturated rings. The minimum atomic E-state index is -0.246. The summed E-state index contributed by atoms with van der Waals surface area (Å²) in [6.07, 6.45) is 1.63. The summed E-state index contributed by atoms with van der Waals surface area (Å²) < 4.78 is 5.61. The van der Waals surface area contributed by atoms with Gasteiger partial charge in [-0.1, -0.05) is 0 Å². The van der Waals surface area contributed by atoms with Gasteiger partial charge < -0.3 is 15.4 Å². The Morgan fingerprint density at radius 3 is 2.79 bits per heavy atom. The van der Waals surface area contributed by atoms with E-state index in [1.807, 2.05) is 33.8 Å². The molecule has 5 heteroatoms. The van der Waals surface area contributed by atoms with E-state index in [1.165, 1.54) is 0 Å². The van der Waals surface area contributed by atoms with Crippen LogP contribution in [0.1, 0.15) is 38.2 Å². The number of nitrogens with one attached hydrogen (secondary N) is 2. The van der Waals surface area contributed by atoms with Gasteiger partial charge in [-0.15, -0.1) is 0 Å². The maximum atomic E-state index is 11.7. The fourth-order valence-electron chi connectivity index (χ4n) is 1.67. The van der Waals surface area contributed by atoms with Crippen LogP contribution in [0, 0.1) is 0 Å². The Kier molecular flexibility index (Phi) is 5.76. The van der Waals surface area contributed by atoms with Gasteiger partial charge in [-0.2, -0.15) is 0 Å². The summed E-state index contributed by atoms with van der Waals surface area (Å²) >= 11 is 0. The molecule has 0 aliphatic carbocycles. The predicted molar refractivity (Wildman–Crippen MR) is 76.4 cm³/mol. The van der Waals surface area contributed by atoms with Gasteiger partial charge in [0.15, 0.2) is 0 Å². The molecule has 5 nitrogen and oxygen atoms in total. The molecular weight excluding hydrogens is 242 g/mol. The first-order valence-electron chi connectivity index (χ1n) is 6.60. The second kappa shape index (κ2) is 7.09. The Hall–Kier alpha value is -1.62. The molecule has 1 aromatic rings. The number of carbonyl (C=O) groups is 1. The minimum absolute atomic E-state index is 0.157. The summed E-state index contributed by atoms with van der Waals surface area (Å²) in [5.74, 6) is -0.157. The Morgan fingerprint density at radius 1 is 1.42 bits per heavy atom. The predicted octanol–water partition coefficient (Wildman–Crippen LogP) is 2.06. The van der Waals surface area contributed by atoms with Crippen LogP contribution in [-0.2, 0) is 4.74 Å². The molecule has 1 heterocycles. The standard InChI is InChI=1S/C14H23N3O2/c1-5-15-13(18)12-9-11(7-8-16-12)17-10-14(3,4)19-6-2/h7-9H,5-6,10H2,1-4H3,(H,15,18)(H,16,17). The molecule has 106 valence electrons. The van der Waals surface area contributed by atoms with Gasteiger partial charge in [0.1, 0.15) is 5.69 Å². The van der Waals surface area contributed by atoms with Crippen molar-refractivity contribution in [3.63, 3.8) is 0 Å². The first-order valence-corrected chi connectivity index (χ1v) is 6.60. The van der Waals surface area contributed by atoms with Gasteiger partial charge in [0, 0.05) is 31.6 Å². The maximum absolute atomic E-state index is 11.7. The molecule has 1 amide bonds. The second-order valence-electron chi connectivity index (χ2n) is 4.84. The van der Waals surface area contributed by atoms with E-state index in [-0.39, 0.29) is 11.5 Å². The lowest BCUT2D eigenvalue weighted by Crippen LogP contribution is -2.33. The number of carbonyl (C=O) groups excluding carboxylic acids is 1. The smallest absolute Gasteiger partial charge is 0.269 e. The fourth-order valence-corrected chi connectivity index (χ4v) is 1.67. The molecule has 1 rings (SSSR count). The molecule has 19 heavy (non-hydrogen) atoms. The van der Waals surface area contributed by atoms with Crippen LogP contribution in [0.2, 0.25) is 0 Å². The van der Waals surface area contributed by atoms with Crippen LogP contribution in [0.25, 0.3) is 0 Å². The number of rotatable bonds is 7. The number of nitrogens with zero attached hydrogens (tertiary/aromatic N) is 1. The van der Waals surface area contributed by atoms with Gasteiger partial charge in [-0.25, -0.2) is 0 Å². The molecule has 0 atom stereocenters. The third-order valence-electron chi connectivity index (χ3n) is 2.58. The molecule has 2 N–H and O–H groups in total. The zero-order chi connectivity index (χ0) is 14.3. The summed E-state index contributed by atoms with van der Waals surface area (Å²) in [5, 5.41) is 5.99. The lowest BCUT2D eigenvalue weighted by molar-refractivity contribution is 0.000696. The first-order chi connectivity index (χ1) is 8.98. The SMILES string of the molecule is CCNC(=O)c1cc(NCC(C)(C)OCC)ccn1. The van der Waals surface area contributed by atoms with E-state index in [2.05, 4.69) is 15.6 Å². The number of ether oxygens (including phenoxy) is 1. The van der Waals surface area contributed by atoms with E-state index in [0.29, 0.717) is 25.4 Å². The van der Waals surface area contributed by atoms with Gasteiger partial charge in [0.25, 0.3) is 5.91 Å². The van der Waals surface area contributed by atoms with Crippen molar-refractivity contribution in [1.82, 2.24) is 10.3 Å². The first kappa shape index (κ1) is 15.4. The zero-order valence-electron chi connectivity index (χ0n) is 12.1. The van der Waals surface area contributed by atoms with Gasteiger partial charge in [0.2, 0.25) is 0 Å². The van der Waals surface area contributed by atoms with Crippen LogP contribution >= 0.6 is 0 Å². The van der Waals surface area contributed by atoms with Crippen LogP contribution in [0.15, 0.2) is 18.3 Å². The Bertz CT molecular complexity index is 419. The average Bonchev–Trinajstić information content (AvgIpc) is 2.37. The number of pyridine rings is 1. The zero-order valence-corrected chi connectivity index (χ0v) is 12.1. The molecule has 0 radical (unpaired) electrons. The van der Waals surface area contributed by atoms with Crippen molar-refractivity contribution >= 4 is 11.6 Å². The van der Waals surface area contributed by atoms with E-state index < -0.39 is 0 Å². The molecule has 0 aliphatic heterocycles. The van der Waals surface area contributed by atoms with Gasteiger partial charge in [-0.3, -0.25) is 9.78 Å². The number of anilines is 1. The molecule has 0 bridgehead atoms. The topological polar surface area (TPSA) is 63.2 Å². The Labute approximate surface area is 114 Å². The van der Waals surface area contributed by atoms with Crippen molar-refractivity contribution in [3.8, 4) is 0 Å². The highest BCUT2D eigenvalue weighted by atomic mass is 16.5. The molecule has 0 aromatic carbocycles. The average molecular weight is 265 g/mol. The molecule has 1 aromatic heterocycles. The summed E-state index contributed by atoms with van der Waals surface area (Å²) in [5.41, 5.74) is 1.04. The van der Waals surface area contributed by atoms with E-state index >= 15 is 0 Å². The van der Waals surface area contributed by atoms with Crippen LogP contribution in [-0.4, -0.2) is 36.2 Å². The van der Waals surface area contributed by atoms with Crippen LogP contribution in [0.5, 0.6) is 0 Å². The molecule has 0 saturated heterocycles. The molecule has 0 aliphatic rings. The molecule has 0 spiro atoms. The Morgan fingerprint density at radius 2 is 2.16 bits per heavy atom. The quantitative estimate of drug-likeness (QED) is 0.792. The van der Waals surface area contributed by atoms with Gasteiger partial charge in [-0.05, 0) is 39.8 Å². The second-order valence-corrected chi connectivity index (χ2v) is 4.84. The van der Waals surface area contributed by atoms with Gasteiger partial charge in [0.05, 0.1) is 5.60 Å². The summed E-state index contributed by atoms with van der Waals surface area (Å²) in [7, 11) is 0. The molecule has 0 unspecified atom stereocenters. The number of amides is 1. The van der Waals surface area contributed by atoms with E-state index in [0.717, 1.165) is 5.69 Å². The van der Waals surface area contributed by atoms with Crippen molar-refractivity contribution in [2.75, 3.05) is 25.0 Å². The van der Waals surface area contributed by atoms with E-state index in [9.17, 15) is 4.79 Å². The lowest BCUT2D eigenvalue weighted by atomic mass is 10.1. The highest BCUT2D eigenvalue weighted by molar-refractivity contribution is 5.93. The summed E-state index contributed by atoms with van der Waals surface area (Å²) in [6.45, 7) is 9.83. The highest BCUT2D eigenvalue weighted by Gasteiger charge is 2.17. The molecule has 0 saturated carbocycles. The number of aromatic nitrogens is 1. The highest BCUT2D eigenvalue weighted by Crippen LogP contribution is 2.13. The van der Waals surface area contributed by atoms with Crippen molar-refractivity contribution in [1.29, 1.82) is 0 Å². The third-order valence-corrected chi connectivity index (χ3v) is 2.58. The third kappa shape index (κ3) is 5.26. The monoisotopic (exact) mass is 265 g/mol. The van der Waals surface area contributed by atoms with Gasteiger partial charge >= 0.3 is 0 Å². The summed E-state index contributed by atoms with van der Waals surface area (Å²) in [4.78, 5) is 15.7. The number of hydrogen-bond donors (Lipinski definition) is 2. The van der Waals surface area contributed by atoms with E-state index in [4.69, 9.17) is 4.74 Å². The summed E-state index contributed by atoms with van der Waals surface area (Å²) in [6, 6.07) is 3.58. The Balaban J connectivity index is 2.65. The molecular formula is C14H23N3O2. The van der Waals surface area contributed by atoms with E-state index in [1.54, 1.807) is 12.3 Å². The van der Waals surface area contributed by atoms with Crippen LogP contribution < -0.4 is 10.6 Å². The minimum Gasteiger partial charge on any atom is -0.382 e. The van der Waals surface area contributed by atoms with Crippen LogP contribution in [0.3, 0.4) is 0 Å². The van der Waals surface area contributed by atoms with Crippen molar-refractivity contribution < 1.29 is 9.53 Å². The maximum Gasteiger partial charge on any atom is 0.269 e. The lowest BCUT2D eigenvalue weighted by Gasteiger charge is -2.25. The number of hydrogen-bond acceptors (Lipinski definition) is 4. The fraction of sp³-hybridized carbons (Fsp3) is 0.571. The largest absolute Gasteiger partial charge is 0.382 e. The normalized spacial score (nSPS) is 11.2.